The van der Waals surface area contributed by atoms with Crippen molar-refractivity contribution in [3.05, 3.63) is 58.4 Å². The second-order valence-electron chi connectivity index (χ2n) is 4.53. The van der Waals surface area contributed by atoms with Crippen molar-refractivity contribution in [3.63, 3.8) is 0 Å². The Hall–Kier alpha value is -1.58. The first-order valence-corrected chi connectivity index (χ1v) is 6.90. The van der Waals surface area contributed by atoms with E-state index in [2.05, 4.69) is 5.32 Å². The number of hydrogen-bond acceptors (Lipinski definition) is 2. The number of hydrogen-bond donors (Lipinski definition) is 1. The van der Waals surface area contributed by atoms with E-state index in [1.54, 1.807) is 12.1 Å². The Labute approximate surface area is 123 Å². The van der Waals surface area contributed by atoms with Gasteiger partial charge < -0.3 is 10.1 Å². The number of rotatable bonds is 5. The van der Waals surface area contributed by atoms with Crippen LogP contribution in [0, 0.1) is 5.82 Å². The van der Waals surface area contributed by atoms with Crippen molar-refractivity contribution in [1.29, 1.82) is 0 Å². The number of nitrogens with one attached hydrogen (secondary N) is 1. The fourth-order valence-electron chi connectivity index (χ4n) is 2.01. The van der Waals surface area contributed by atoms with Gasteiger partial charge in [0, 0.05) is 17.6 Å². The summed E-state index contributed by atoms with van der Waals surface area (Å²) >= 11 is 6.07. The Morgan fingerprint density at radius 3 is 2.65 bits per heavy atom. The fourth-order valence-corrected chi connectivity index (χ4v) is 2.26. The first-order chi connectivity index (χ1) is 9.62. The minimum absolute atomic E-state index is 0.308. The van der Waals surface area contributed by atoms with E-state index >= 15 is 0 Å². The Kier molecular flexibility index (Phi) is 4.99. The summed E-state index contributed by atoms with van der Waals surface area (Å²) in [6, 6.07) is 10.1. The molecule has 2 aromatic carbocycles. The quantitative estimate of drug-likeness (QED) is 0.873. The minimum Gasteiger partial charge on any atom is -0.457 e. The predicted octanol–water partition coefficient (Wildman–Crippen LogP) is 4.55. The molecule has 0 aliphatic heterocycles. The van der Waals surface area contributed by atoms with Crippen molar-refractivity contribution >= 4 is 11.6 Å². The molecule has 4 heteroatoms. The molecule has 0 bridgehead atoms. The molecule has 106 valence electrons. The highest BCUT2D eigenvalue weighted by Crippen LogP contribution is 2.27. The summed E-state index contributed by atoms with van der Waals surface area (Å²) in [6.45, 7) is 2.62. The van der Waals surface area contributed by atoms with Crippen molar-refractivity contribution < 1.29 is 9.13 Å². The van der Waals surface area contributed by atoms with Crippen LogP contribution >= 0.6 is 11.6 Å². The number of aryl methyl sites for hydroxylation is 1. The lowest BCUT2D eigenvalue weighted by molar-refractivity contribution is 0.475. The monoisotopic (exact) mass is 293 g/mol. The maximum atomic E-state index is 13.5. The van der Waals surface area contributed by atoms with Crippen molar-refractivity contribution in [3.8, 4) is 11.5 Å². The highest BCUT2D eigenvalue weighted by Gasteiger charge is 2.05. The molecule has 0 radical (unpaired) electrons. The highest BCUT2D eigenvalue weighted by atomic mass is 35.5. The zero-order valence-corrected chi connectivity index (χ0v) is 12.3. The van der Waals surface area contributed by atoms with Gasteiger partial charge in [0.05, 0.1) is 0 Å². The summed E-state index contributed by atoms with van der Waals surface area (Å²) in [5, 5.41) is 3.71. The lowest BCUT2D eigenvalue weighted by Crippen LogP contribution is -2.05. The molecule has 0 fully saturated rings. The van der Waals surface area contributed by atoms with Gasteiger partial charge in [0.25, 0.3) is 0 Å². The number of halogens is 2. The maximum Gasteiger partial charge on any atom is 0.130 e. The molecule has 0 saturated heterocycles. The average Bonchev–Trinajstić information content (AvgIpc) is 2.40. The smallest absolute Gasteiger partial charge is 0.130 e. The molecule has 2 nitrogen and oxygen atoms in total. The first-order valence-electron chi connectivity index (χ1n) is 6.52. The first kappa shape index (κ1) is 14.8. The van der Waals surface area contributed by atoms with Crippen LogP contribution in [0.3, 0.4) is 0 Å². The Morgan fingerprint density at radius 2 is 1.95 bits per heavy atom. The number of ether oxygens (including phenoxy) is 1. The molecular formula is C16H17ClFNO. The molecule has 0 aromatic heterocycles. The zero-order valence-electron chi connectivity index (χ0n) is 11.5. The number of benzene rings is 2. The van der Waals surface area contributed by atoms with Crippen molar-refractivity contribution in [1.82, 2.24) is 5.32 Å². The summed E-state index contributed by atoms with van der Waals surface area (Å²) in [7, 11) is 1.82. The third-order valence-corrected chi connectivity index (χ3v) is 3.31. The van der Waals surface area contributed by atoms with Gasteiger partial charge in [0.15, 0.2) is 0 Å². The molecule has 0 saturated carbocycles. The van der Waals surface area contributed by atoms with E-state index in [9.17, 15) is 4.39 Å². The molecule has 0 aliphatic rings. The van der Waals surface area contributed by atoms with Crippen LogP contribution in [0.15, 0.2) is 36.4 Å². The Morgan fingerprint density at radius 1 is 1.15 bits per heavy atom. The van der Waals surface area contributed by atoms with E-state index in [1.807, 2.05) is 26.1 Å². The van der Waals surface area contributed by atoms with Crippen LogP contribution in [-0.2, 0) is 13.0 Å². The Bertz CT molecular complexity index is 601. The fraction of sp³-hybridized carbons (Fsp3) is 0.250. The van der Waals surface area contributed by atoms with Gasteiger partial charge >= 0.3 is 0 Å². The van der Waals surface area contributed by atoms with Crippen molar-refractivity contribution in [2.75, 3.05) is 7.05 Å². The molecule has 2 rings (SSSR count). The minimum atomic E-state index is -0.308. The lowest BCUT2D eigenvalue weighted by atomic mass is 10.1. The van der Waals surface area contributed by atoms with Gasteiger partial charge in [-0.3, -0.25) is 0 Å². The second kappa shape index (κ2) is 6.73. The third kappa shape index (κ3) is 3.71. The van der Waals surface area contributed by atoms with E-state index in [0.717, 1.165) is 22.6 Å². The average molecular weight is 294 g/mol. The highest BCUT2D eigenvalue weighted by molar-refractivity contribution is 6.31. The summed E-state index contributed by atoms with van der Waals surface area (Å²) in [5.41, 5.74) is 1.85. The maximum absolute atomic E-state index is 13.5. The van der Waals surface area contributed by atoms with Crippen LogP contribution < -0.4 is 10.1 Å². The van der Waals surface area contributed by atoms with E-state index in [1.165, 1.54) is 12.1 Å². The summed E-state index contributed by atoms with van der Waals surface area (Å²) < 4.78 is 19.3. The standard InChI is InChI=1S/C16H17ClFNO/c1-3-12-8-14(4-5-16(12)17)20-15-7-11(10-19-2)6-13(18)9-15/h4-9,19H,3,10H2,1-2H3. The molecular weight excluding hydrogens is 277 g/mol. The summed E-state index contributed by atoms with van der Waals surface area (Å²) in [4.78, 5) is 0. The van der Waals surface area contributed by atoms with Crippen LogP contribution in [0.5, 0.6) is 11.5 Å². The molecule has 2 aromatic rings. The molecule has 0 unspecified atom stereocenters. The van der Waals surface area contributed by atoms with E-state index in [4.69, 9.17) is 16.3 Å². The molecule has 0 aliphatic carbocycles. The largest absolute Gasteiger partial charge is 0.457 e. The topological polar surface area (TPSA) is 21.3 Å². The summed E-state index contributed by atoms with van der Waals surface area (Å²) in [5.74, 6) is 0.837. The van der Waals surface area contributed by atoms with Crippen LogP contribution in [0.2, 0.25) is 5.02 Å². The molecule has 0 amide bonds. The summed E-state index contributed by atoms with van der Waals surface area (Å²) in [6.07, 6.45) is 0.824. The van der Waals surface area contributed by atoms with E-state index < -0.39 is 0 Å². The van der Waals surface area contributed by atoms with Crippen LogP contribution in [0.1, 0.15) is 18.1 Å². The van der Waals surface area contributed by atoms with Crippen molar-refractivity contribution in [2.45, 2.75) is 19.9 Å². The SMILES string of the molecule is CCc1cc(Oc2cc(F)cc(CNC)c2)ccc1Cl. The van der Waals surface area contributed by atoms with Crippen molar-refractivity contribution in [2.24, 2.45) is 0 Å². The van der Waals surface area contributed by atoms with Gasteiger partial charge in [0.2, 0.25) is 0 Å². The van der Waals surface area contributed by atoms with E-state index in [-0.39, 0.29) is 5.82 Å². The predicted molar refractivity (Wildman–Crippen MR) is 80.1 cm³/mol. The van der Waals surface area contributed by atoms with Gasteiger partial charge in [-0.2, -0.15) is 0 Å². The Balaban J connectivity index is 2.25. The van der Waals surface area contributed by atoms with Gasteiger partial charge in [-0.25, -0.2) is 4.39 Å². The van der Waals surface area contributed by atoms with Gasteiger partial charge in [-0.15, -0.1) is 0 Å². The lowest BCUT2D eigenvalue weighted by Gasteiger charge is -2.10. The molecule has 1 N–H and O–H groups in total. The zero-order chi connectivity index (χ0) is 14.5. The molecule has 0 heterocycles. The molecule has 0 atom stereocenters. The van der Waals surface area contributed by atoms with Crippen LogP contribution in [0.25, 0.3) is 0 Å². The van der Waals surface area contributed by atoms with Gasteiger partial charge in [-0.05, 0) is 54.9 Å². The van der Waals surface area contributed by atoms with Crippen LogP contribution in [-0.4, -0.2) is 7.05 Å². The molecule has 20 heavy (non-hydrogen) atoms. The second-order valence-corrected chi connectivity index (χ2v) is 4.94. The van der Waals surface area contributed by atoms with Gasteiger partial charge in [-0.1, -0.05) is 18.5 Å². The van der Waals surface area contributed by atoms with Crippen LogP contribution in [0.4, 0.5) is 4.39 Å². The van der Waals surface area contributed by atoms with Gasteiger partial charge in [0.1, 0.15) is 17.3 Å². The van der Waals surface area contributed by atoms with E-state index in [0.29, 0.717) is 18.0 Å². The normalized spacial score (nSPS) is 10.6. The third-order valence-electron chi connectivity index (χ3n) is 2.95. The molecule has 0 spiro atoms.